The highest BCUT2D eigenvalue weighted by Gasteiger charge is 2.04. The lowest BCUT2D eigenvalue weighted by atomic mass is 10.0. The first-order valence-electron chi connectivity index (χ1n) is 6.33. The quantitative estimate of drug-likeness (QED) is 0.894. The molecule has 0 unspecified atom stereocenters. The fourth-order valence-electron chi connectivity index (χ4n) is 2.16. The molecule has 1 heterocycles. The van der Waals surface area contributed by atoms with Crippen LogP contribution in [-0.2, 0) is 20.1 Å². The van der Waals surface area contributed by atoms with Crippen molar-refractivity contribution in [2.75, 3.05) is 0 Å². The molecule has 2 rings (SSSR count). The normalized spacial score (nSPS) is 10.9. The van der Waals surface area contributed by atoms with Crippen molar-refractivity contribution in [2.24, 2.45) is 7.05 Å². The van der Waals surface area contributed by atoms with Crippen LogP contribution in [0.4, 0.5) is 0 Å². The lowest BCUT2D eigenvalue weighted by Crippen LogP contribution is -2.14. The molecule has 0 amide bonds. The summed E-state index contributed by atoms with van der Waals surface area (Å²) in [6.07, 6.45) is 2.07. The average Bonchev–Trinajstić information content (AvgIpc) is 2.63. The monoisotopic (exact) mass is 243 g/mol. The Labute approximate surface area is 109 Å². The Kier molecular flexibility index (Phi) is 3.82. The van der Waals surface area contributed by atoms with Crippen LogP contribution < -0.4 is 5.32 Å². The third kappa shape index (κ3) is 2.79. The highest BCUT2D eigenvalue weighted by atomic mass is 15.2. The van der Waals surface area contributed by atoms with Crippen LogP contribution in [0, 0.1) is 20.8 Å². The highest BCUT2D eigenvalue weighted by Crippen LogP contribution is 2.12. The van der Waals surface area contributed by atoms with E-state index in [1.54, 1.807) is 0 Å². The van der Waals surface area contributed by atoms with Crippen molar-refractivity contribution in [1.82, 2.24) is 15.1 Å². The Morgan fingerprint density at radius 3 is 2.50 bits per heavy atom. The van der Waals surface area contributed by atoms with E-state index >= 15 is 0 Å². The van der Waals surface area contributed by atoms with E-state index in [9.17, 15) is 0 Å². The first-order chi connectivity index (χ1) is 8.58. The van der Waals surface area contributed by atoms with Crippen LogP contribution in [-0.4, -0.2) is 9.78 Å². The SMILES string of the molecule is Cc1cccc(CNCc2cn(C)nc2C)c1C. The minimum Gasteiger partial charge on any atom is -0.308 e. The van der Waals surface area contributed by atoms with Crippen LogP contribution in [0.3, 0.4) is 0 Å². The molecule has 0 saturated carbocycles. The molecule has 0 aliphatic heterocycles. The first-order valence-corrected chi connectivity index (χ1v) is 6.33. The molecule has 0 atom stereocenters. The van der Waals surface area contributed by atoms with Crippen molar-refractivity contribution in [3.63, 3.8) is 0 Å². The second-order valence-electron chi connectivity index (χ2n) is 4.88. The maximum Gasteiger partial charge on any atom is 0.0638 e. The summed E-state index contributed by atoms with van der Waals surface area (Å²) in [6.45, 7) is 8.16. The van der Waals surface area contributed by atoms with Gasteiger partial charge in [-0.25, -0.2) is 0 Å². The van der Waals surface area contributed by atoms with Crippen LogP contribution in [0.1, 0.15) is 27.9 Å². The predicted octanol–water partition coefficient (Wildman–Crippen LogP) is 2.64. The molecule has 0 spiro atoms. The van der Waals surface area contributed by atoms with Gasteiger partial charge in [-0.2, -0.15) is 5.10 Å². The first kappa shape index (κ1) is 12.8. The van der Waals surface area contributed by atoms with E-state index in [2.05, 4.69) is 55.6 Å². The Hall–Kier alpha value is -1.61. The maximum atomic E-state index is 4.35. The third-order valence-corrected chi connectivity index (χ3v) is 3.46. The number of hydrogen-bond acceptors (Lipinski definition) is 2. The summed E-state index contributed by atoms with van der Waals surface area (Å²) in [5.41, 5.74) is 6.48. The van der Waals surface area contributed by atoms with Crippen molar-refractivity contribution in [3.8, 4) is 0 Å². The fourth-order valence-corrected chi connectivity index (χ4v) is 2.16. The van der Waals surface area contributed by atoms with Gasteiger partial charge in [0, 0.05) is 31.9 Å². The zero-order valence-electron chi connectivity index (χ0n) is 11.6. The van der Waals surface area contributed by atoms with Crippen LogP contribution in [0.5, 0.6) is 0 Å². The highest BCUT2D eigenvalue weighted by molar-refractivity contribution is 5.33. The summed E-state index contributed by atoms with van der Waals surface area (Å²) in [5, 5.41) is 7.83. The van der Waals surface area contributed by atoms with E-state index in [0.29, 0.717) is 0 Å². The average molecular weight is 243 g/mol. The molecular formula is C15H21N3. The van der Waals surface area contributed by atoms with Gasteiger partial charge in [-0.3, -0.25) is 4.68 Å². The summed E-state index contributed by atoms with van der Waals surface area (Å²) in [7, 11) is 1.96. The Balaban J connectivity index is 1.96. The standard InChI is InChI=1S/C15H21N3/c1-11-6-5-7-14(12(11)2)8-16-9-15-10-18(4)17-13(15)3/h5-7,10,16H,8-9H2,1-4H3. The molecule has 1 aromatic heterocycles. The van der Waals surface area contributed by atoms with Crippen molar-refractivity contribution in [3.05, 3.63) is 52.3 Å². The zero-order valence-corrected chi connectivity index (χ0v) is 11.6. The molecule has 18 heavy (non-hydrogen) atoms. The molecule has 0 saturated heterocycles. The number of aromatic nitrogens is 2. The van der Waals surface area contributed by atoms with E-state index in [4.69, 9.17) is 0 Å². The molecule has 2 aromatic rings. The van der Waals surface area contributed by atoms with E-state index in [-0.39, 0.29) is 0 Å². The number of aryl methyl sites for hydroxylation is 3. The van der Waals surface area contributed by atoms with E-state index in [1.807, 2.05) is 11.7 Å². The third-order valence-electron chi connectivity index (χ3n) is 3.46. The number of nitrogens with one attached hydrogen (secondary N) is 1. The minimum absolute atomic E-state index is 0.868. The van der Waals surface area contributed by atoms with Gasteiger partial charge < -0.3 is 5.32 Å². The van der Waals surface area contributed by atoms with Crippen molar-refractivity contribution in [1.29, 1.82) is 0 Å². The van der Waals surface area contributed by atoms with Gasteiger partial charge in [0.25, 0.3) is 0 Å². The van der Waals surface area contributed by atoms with Gasteiger partial charge >= 0.3 is 0 Å². The van der Waals surface area contributed by atoms with Crippen LogP contribution in [0.15, 0.2) is 24.4 Å². The molecule has 0 aliphatic rings. The van der Waals surface area contributed by atoms with Gasteiger partial charge in [-0.1, -0.05) is 18.2 Å². The molecule has 3 nitrogen and oxygen atoms in total. The second-order valence-corrected chi connectivity index (χ2v) is 4.88. The van der Waals surface area contributed by atoms with Gasteiger partial charge in [0.05, 0.1) is 5.69 Å². The Morgan fingerprint density at radius 1 is 1.11 bits per heavy atom. The second kappa shape index (κ2) is 5.36. The summed E-state index contributed by atoms with van der Waals surface area (Å²) < 4.78 is 1.87. The fraction of sp³-hybridized carbons (Fsp3) is 0.400. The minimum atomic E-state index is 0.868. The van der Waals surface area contributed by atoms with Crippen LogP contribution >= 0.6 is 0 Å². The van der Waals surface area contributed by atoms with Crippen molar-refractivity contribution >= 4 is 0 Å². The van der Waals surface area contributed by atoms with E-state index in [1.165, 1.54) is 22.3 Å². The number of rotatable bonds is 4. The molecule has 0 aliphatic carbocycles. The number of hydrogen-bond donors (Lipinski definition) is 1. The molecule has 1 N–H and O–H groups in total. The van der Waals surface area contributed by atoms with Crippen molar-refractivity contribution < 1.29 is 0 Å². The molecule has 96 valence electrons. The molecule has 1 aromatic carbocycles. The van der Waals surface area contributed by atoms with Crippen molar-refractivity contribution in [2.45, 2.75) is 33.9 Å². The van der Waals surface area contributed by atoms with Gasteiger partial charge in [0.15, 0.2) is 0 Å². The summed E-state index contributed by atoms with van der Waals surface area (Å²) in [6, 6.07) is 6.46. The molecule has 0 radical (unpaired) electrons. The van der Waals surface area contributed by atoms with Gasteiger partial charge in [-0.15, -0.1) is 0 Å². The summed E-state index contributed by atoms with van der Waals surface area (Å²) in [5.74, 6) is 0. The van der Waals surface area contributed by atoms with Crippen LogP contribution in [0.2, 0.25) is 0 Å². The lowest BCUT2D eigenvalue weighted by Gasteiger charge is -2.09. The Morgan fingerprint density at radius 2 is 1.83 bits per heavy atom. The summed E-state index contributed by atoms with van der Waals surface area (Å²) in [4.78, 5) is 0. The molecule has 0 fully saturated rings. The largest absolute Gasteiger partial charge is 0.308 e. The lowest BCUT2D eigenvalue weighted by molar-refractivity contribution is 0.687. The predicted molar refractivity (Wildman–Crippen MR) is 74.4 cm³/mol. The van der Waals surface area contributed by atoms with Crippen LogP contribution in [0.25, 0.3) is 0 Å². The van der Waals surface area contributed by atoms with Gasteiger partial charge in [-0.05, 0) is 37.5 Å². The molecule has 3 heteroatoms. The zero-order chi connectivity index (χ0) is 13.1. The topological polar surface area (TPSA) is 29.9 Å². The van der Waals surface area contributed by atoms with Gasteiger partial charge in [0.1, 0.15) is 0 Å². The maximum absolute atomic E-state index is 4.35. The smallest absolute Gasteiger partial charge is 0.0638 e. The summed E-state index contributed by atoms with van der Waals surface area (Å²) >= 11 is 0. The van der Waals surface area contributed by atoms with E-state index < -0.39 is 0 Å². The molecule has 0 bridgehead atoms. The molecular weight excluding hydrogens is 222 g/mol. The Bertz CT molecular complexity index is 541. The van der Waals surface area contributed by atoms with Gasteiger partial charge in [0.2, 0.25) is 0 Å². The number of nitrogens with zero attached hydrogens (tertiary/aromatic N) is 2. The van der Waals surface area contributed by atoms with E-state index in [0.717, 1.165) is 18.8 Å². The number of benzene rings is 1.